The maximum Gasteiger partial charge on any atom is 0.573 e. The minimum atomic E-state index is -4.85. The topological polar surface area (TPSA) is 82.7 Å². The Balaban J connectivity index is 1.09. The normalized spacial score (nSPS) is 31.9. The molecule has 1 unspecified atom stereocenters. The molecule has 0 spiro atoms. The number of anilines is 1. The number of para-hydroxylation sites is 2. The van der Waals surface area contributed by atoms with Crippen LogP contribution in [0, 0.1) is 23.7 Å². The molecule has 1 heterocycles. The molecule has 0 aromatic heterocycles. The van der Waals surface area contributed by atoms with E-state index in [9.17, 15) is 22.8 Å². The summed E-state index contributed by atoms with van der Waals surface area (Å²) in [5.41, 5.74) is -0.0897. The monoisotopic (exact) mass is 480 g/mol. The number of urea groups is 2. The predicted octanol–water partition coefficient (Wildman–Crippen LogP) is 4.71. The summed E-state index contributed by atoms with van der Waals surface area (Å²) in [5, 5.41) is 8.79. The van der Waals surface area contributed by atoms with E-state index in [4.69, 9.17) is 0 Å². The molecule has 10 heteroatoms. The van der Waals surface area contributed by atoms with E-state index in [2.05, 4.69) is 20.7 Å². The van der Waals surface area contributed by atoms with E-state index in [1.54, 1.807) is 4.90 Å². The molecule has 4 aliphatic carbocycles. The number of benzene rings is 1. The number of ether oxygens (including phenoxy) is 1. The first-order chi connectivity index (χ1) is 16.2. The molecule has 1 atom stereocenters. The Hall–Kier alpha value is -2.65. The molecule has 5 aliphatic rings. The van der Waals surface area contributed by atoms with Gasteiger partial charge in [0.25, 0.3) is 0 Å². The quantitative estimate of drug-likeness (QED) is 0.571. The Bertz CT molecular complexity index is 903. The molecule has 3 N–H and O–H groups in total. The molecule has 7 nitrogen and oxygen atoms in total. The van der Waals surface area contributed by atoms with Crippen molar-refractivity contribution >= 4 is 17.7 Å². The van der Waals surface area contributed by atoms with Crippen LogP contribution in [0.2, 0.25) is 0 Å². The summed E-state index contributed by atoms with van der Waals surface area (Å²) in [4.78, 5) is 26.8. The van der Waals surface area contributed by atoms with Crippen LogP contribution in [0.25, 0.3) is 0 Å². The zero-order valence-electron chi connectivity index (χ0n) is 19.0. The third-order valence-corrected chi connectivity index (χ3v) is 7.90. The van der Waals surface area contributed by atoms with Crippen LogP contribution in [0.15, 0.2) is 24.3 Å². The van der Waals surface area contributed by atoms with Crippen molar-refractivity contribution in [3.05, 3.63) is 24.3 Å². The van der Waals surface area contributed by atoms with E-state index < -0.39 is 18.1 Å². The van der Waals surface area contributed by atoms with Crippen molar-refractivity contribution in [2.45, 2.75) is 56.8 Å². The number of rotatable bonds is 5. The van der Waals surface area contributed by atoms with Crippen LogP contribution < -0.4 is 20.7 Å². The molecule has 4 bridgehead atoms. The third-order valence-electron chi connectivity index (χ3n) is 7.90. The molecule has 1 aromatic carbocycles. The highest BCUT2D eigenvalue weighted by Gasteiger charge is 2.51. The second-order valence-electron chi connectivity index (χ2n) is 10.6. The van der Waals surface area contributed by atoms with E-state index in [-0.39, 0.29) is 23.2 Å². The van der Waals surface area contributed by atoms with Crippen LogP contribution in [0.1, 0.15) is 44.9 Å². The van der Waals surface area contributed by atoms with Gasteiger partial charge in [-0.3, -0.25) is 0 Å². The number of halogens is 3. The Kier molecular flexibility index (Phi) is 6.02. The standard InChI is InChI=1S/C24H31F3N4O3/c25-24(26,27)34-20-4-2-1-3-19(20)29-22(33)31-6-5-15(14-31)13-28-21(32)30-23-10-16-7-17(11-23)9-18(8-16)12-23/h1-4,15-18H,5-14H2,(H,29,33)(H2,28,30,32). The highest BCUT2D eigenvalue weighted by atomic mass is 19.4. The second kappa shape index (κ2) is 8.85. The van der Waals surface area contributed by atoms with Gasteiger partial charge in [0.2, 0.25) is 0 Å². The Morgan fingerprint density at radius 3 is 2.35 bits per heavy atom. The van der Waals surface area contributed by atoms with Crippen molar-refractivity contribution < 1.29 is 27.5 Å². The number of amides is 4. The molecule has 6 rings (SSSR count). The third kappa shape index (κ3) is 5.20. The molecule has 0 radical (unpaired) electrons. The average molecular weight is 481 g/mol. The van der Waals surface area contributed by atoms with Crippen molar-refractivity contribution in [2.24, 2.45) is 23.7 Å². The lowest BCUT2D eigenvalue weighted by atomic mass is 9.53. The van der Waals surface area contributed by atoms with Gasteiger partial charge in [0, 0.05) is 25.2 Å². The van der Waals surface area contributed by atoms with E-state index in [1.165, 1.54) is 37.5 Å². The molecule has 186 valence electrons. The molecule has 4 amide bonds. The van der Waals surface area contributed by atoms with Crippen molar-refractivity contribution in [3.63, 3.8) is 0 Å². The molecule has 5 fully saturated rings. The number of nitrogens with zero attached hydrogens (tertiary/aromatic N) is 1. The molecular formula is C24H31F3N4O3. The van der Waals surface area contributed by atoms with Crippen LogP contribution in [-0.2, 0) is 0 Å². The van der Waals surface area contributed by atoms with Crippen molar-refractivity contribution in [2.75, 3.05) is 25.0 Å². The summed E-state index contributed by atoms with van der Waals surface area (Å²) in [6.07, 6.45) is 3.07. The average Bonchev–Trinajstić information content (AvgIpc) is 3.21. The summed E-state index contributed by atoms with van der Waals surface area (Å²) in [7, 11) is 0. The Labute approximate surface area is 196 Å². The van der Waals surface area contributed by atoms with E-state index in [1.807, 2.05) is 0 Å². The summed E-state index contributed by atoms with van der Waals surface area (Å²) in [5.74, 6) is 1.89. The largest absolute Gasteiger partial charge is 0.573 e. The van der Waals surface area contributed by atoms with E-state index in [0.717, 1.165) is 43.1 Å². The number of hydrogen-bond acceptors (Lipinski definition) is 3. The van der Waals surface area contributed by atoms with Crippen LogP contribution in [-0.4, -0.2) is 48.5 Å². The van der Waals surface area contributed by atoms with Gasteiger partial charge in [-0.2, -0.15) is 0 Å². The molecule has 4 saturated carbocycles. The smallest absolute Gasteiger partial charge is 0.404 e. The van der Waals surface area contributed by atoms with Gasteiger partial charge in [0.15, 0.2) is 5.75 Å². The highest BCUT2D eigenvalue weighted by molar-refractivity contribution is 5.91. The number of likely N-dealkylation sites (tertiary alicyclic amines) is 1. The van der Waals surface area contributed by atoms with Crippen molar-refractivity contribution in [3.8, 4) is 5.75 Å². The van der Waals surface area contributed by atoms with Crippen LogP contribution in [0.5, 0.6) is 5.75 Å². The summed E-state index contributed by atoms with van der Waals surface area (Å²) in [6.45, 7) is 1.35. The minimum Gasteiger partial charge on any atom is -0.404 e. The number of carbonyl (C=O) groups is 2. The number of alkyl halides is 3. The van der Waals surface area contributed by atoms with Gasteiger partial charge >= 0.3 is 18.4 Å². The maximum atomic E-state index is 12.7. The Morgan fingerprint density at radius 2 is 1.71 bits per heavy atom. The molecular weight excluding hydrogens is 449 g/mol. The highest BCUT2D eigenvalue weighted by Crippen LogP contribution is 2.55. The first kappa shape index (κ1) is 23.1. The zero-order chi connectivity index (χ0) is 23.9. The molecule has 1 aromatic rings. The van der Waals surface area contributed by atoms with Crippen LogP contribution >= 0.6 is 0 Å². The SMILES string of the molecule is O=C(NCC1CCN(C(=O)Nc2ccccc2OC(F)(F)F)C1)NC12CC3CC(CC(C3)C1)C2. The van der Waals surface area contributed by atoms with Crippen molar-refractivity contribution in [1.82, 2.24) is 15.5 Å². The second-order valence-corrected chi connectivity index (χ2v) is 10.6. The molecule has 1 saturated heterocycles. The fourth-order valence-electron chi connectivity index (χ4n) is 6.95. The van der Waals surface area contributed by atoms with Gasteiger partial charge in [-0.1, -0.05) is 12.1 Å². The first-order valence-electron chi connectivity index (χ1n) is 12.1. The lowest BCUT2D eigenvalue weighted by molar-refractivity contribution is -0.274. The number of hydrogen-bond donors (Lipinski definition) is 3. The van der Waals surface area contributed by atoms with E-state index in [0.29, 0.717) is 26.1 Å². The van der Waals surface area contributed by atoms with Gasteiger partial charge in [-0.05, 0) is 80.8 Å². The number of nitrogens with one attached hydrogen (secondary N) is 3. The zero-order valence-corrected chi connectivity index (χ0v) is 19.0. The van der Waals surface area contributed by atoms with Gasteiger partial charge in [-0.25, -0.2) is 9.59 Å². The summed E-state index contributed by atoms with van der Waals surface area (Å²) >= 11 is 0. The fourth-order valence-corrected chi connectivity index (χ4v) is 6.95. The Morgan fingerprint density at radius 1 is 1.06 bits per heavy atom. The van der Waals surface area contributed by atoms with Gasteiger partial charge in [0.05, 0.1) is 5.69 Å². The summed E-state index contributed by atoms with van der Waals surface area (Å²) in [6, 6.07) is 4.83. The molecule has 34 heavy (non-hydrogen) atoms. The summed E-state index contributed by atoms with van der Waals surface area (Å²) < 4.78 is 41.8. The predicted molar refractivity (Wildman–Crippen MR) is 119 cm³/mol. The maximum absolute atomic E-state index is 12.7. The van der Waals surface area contributed by atoms with Gasteiger partial charge in [-0.15, -0.1) is 13.2 Å². The lowest BCUT2D eigenvalue weighted by Crippen LogP contribution is -2.61. The van der Waals surface area contributed by atoms with Crippen LogP contribution in [0.4, 0.5) is 28.4 Å². The fraction of sp³-hybridized carbons (Fsp3) is 0.667. The van der Waals surface area contributed by atoms with E-state index >= 15 is 0 Å². The van der Waals surface area contributed by atoms with Gasteiger partial charge in [0.1, 0.15) is 0 Å². The van der Waals surface area contributed by atoms with Gasteiger partial charge < -0.3 is 25.6 Å². The first-order valence-corrected chi connectivity index (χ1v) is 12.1. The van der Waals surface area contributed by atoms with Crippen LogP contribution in [0.3, 0.4) is 0 Å². The van der Waals surface area contributed by atoms with Crippen molar-refractivity contribution in [1.29, 1.82) is 0 Å². The minimum absolute atomic E-state index is 0.0404. The molecule has 1 aliphatic heterocycles. The lowest BCUT2D eigenvalue weighted by Gasteiger charge is -2.56. The number of carbonyl (C=O) groups excluding carboxylic acids is 2.